The van der Waals surface area contributed by atoms with Crippen molar-refractivity contribution >= 4 is 17.4 Å². The summed E-state index contributed by atoms with van der Waals surface area (Å²) in [5.74, 6) is -0.158. The second-order valence-electron chi connectivity index (χ2n) is 5.35. The zero-order valence-corrected chi connectivity index (χ0v) is 12.6. The highest BCUT2D eigenvalue weighted by molar-refractivity contribution is 6.31. The van der Waals surface area contributed by atoms with Crippen LogP contribution in [0.5, 0.6) is 5.75 Å². The van der Waals surface area contributed by atoms with E-state index in [-0.39, 0.29) is 23.2 Å². The molecule has 1 aliphatic heterocycles. The molecule has 1 fully saturated rings. The predicted octanol–water partition coefficient (Wildman–Crippen LogP) is 2.86. The summed E-state index contributed by atoms with van der Waals surface area (Å²) in [6, 6.07) is 3.21. The van der Waals surface area contributed by atoms with E-state index in [1.54, 1.807) is 6.07 Å². The van der Waals surface area contributed by atoms with Gasteiger partial charge in [-0.15, -0.1) is 0 Å². The molecule has 1 saturated heterocycles. The van der Waals surface area contributed by atoms with Gasteiger partial charge in [-0.3, -0.25) is 9.69 Å². The van der Waals surface area contributed by atoms with Crippen LogP contribution < -0.4 is 0 Å². The van der Waals surface area contributed by atoms with Crippen LogP contribution in [0.4, 0.5) is 0 Å². The third-order valence-electron chi connectivity index (χ3n) is 3.51. The van der Waals surface area contributed by atoms with Crippen LogP contribution in [0.2, 0.25) is 5.02 Å². The Morgan fingerprint density at radius 2 is 2.30 bits per heavy atom. The number of aromatic hydroxyl groups is 1. The molecule has 1 heterocycles. The fourth-order valence-corrected chi connectivity index (χ4v) is 2.78. The van der Waals surface area contributed by atoms with Gasteiger partial charge in [-0.2, -0.15) is 0 Å². The molecule has 4 nitrogen and oxygen atoms in total. The number of hydrogen-bond acceptors (Lipinski definition) is 4. The minimum atomic E-state index is -0.187. The summed E-state index contributed by atoms with van der Waals surface area (Å²) >= 11 is 6.01. The molecule has 20 heavy (non-hydrogen) atoms. The zero-order chi connectivity index (χ0) is 14.7. The fourth-order valence-electron chi connectivity index (χ4n) is 2.54. The van der Waals surface area contributed by atoms with Crippen LogP contribution >= 0.6 is 11.6 Å². The Morgan fingerprint density at radius 3 is 2.90 bits per heavy atom. The maximum Gasteiger partial charge on any atom is 0.163 e. The number of halogens is 1. The Morgan fingerprint density at radius 1 is 1.55 bits per heavy atom. The number of likely N-dealkylation sites (N-methyl/N-ethyl adjacent to an activating group) is 1. The number of Topliss-reactive ketones (excluding diaryl/α,β-unsaturated/α-hetero) is 1. The van der Waals surface area contributed by atoms with Gasteiger partial charge in [-0.05, 0) is 38.9 Å². The largest absolute Gasteiger partial charge is 0.507 e. The zero-order valence-electron chi connectivity index (χ0n) is 11.9. The van der Waals surface area contributed by atoms with Gasteiger partial charge in [0.05, 0.1) is 11.7 Å². The standard InChI is InChI=1S/C15H20ClNO3/c1-10(18)14-7-12(16)6-11(15(14)19)8-17(2)9-13-4-3-5-20-13/h6-7,13,19H,3-5,8-9H2,1-2H3. The molecule has 5 heteroatoms. The molecule has 1 unspecified atom stereocenters. The molecule has 0 saturated carbocycles. The third-order valence-corrected chi connectivity index (χ3v) is 3.73. The minimum absolute atomic E-state index is 0.0288. The smallest absolute Gasteiger partial charge is 0.163 e. The third kappa shape index (κ3) is 3.72. The molecule has 0 aliphatic carbocycles. The van der Waals surface area contributed by atoms with Gasteiger partial charge in [-0.1, -0.05) is 11.6 Å². The van der Waals surface area contributed by atoms with E-state index < -0.39 is 0 Å². The van der Waals surface area contributed by atoms with Crippen molar-refractivity contribution in [2.24, 2.45) is 0 Å². The number of nitrogens with zero attached hydrogens (tertiary/aromatic N) is 1. The summed E-state index contributed by atoms with van der Waals surface area (Å²) in [5.41, 5.74) is 0.946. The van der Waals surface area contributed by atoms with Crippen molar-refractivity contribution in [2.45, 2.75) is 32.4 Å². The Bertz CT molecular complexity index is 498. The van der Waals surface area contributed by atoms with Crippen molar-refractivity contribution in [3.8, 4) is 5.75 Å². The summed E-state index contributed by atoms with van der Waals surface area (Å²) in [7, 11) is 1.97. The molecular formula is C15H20ClNO3. The van der Waals surface area contributed by atoms with Gasteiger partial charge in [0.2, 0.25) is 0 Å². The summed E-state index contributed by atoms with van der Waals surface area (Å²) in [4.78, 5) is 13.6. The molecule has 1 aliphatic rings. The van der Waals surface area contributed by atoms with E-state index in [1.807, 2.05) is 7.05 Å². The van der Waals surface area contributed by atoms with Crippen LogP contribution in [-0.4, -0.2) is 42.1 Å². The summed E-state index contributed by atoms with van der Waals surface area (Å²) in [6.07, 6.45) is 2.44. The van der Waals surface area contributed by atoms with E-state index in [2.05, 4.69) is 4.90 Å². The lowest BCUT2D eigenvalue weighted by atomic mass is 10.1. The summed E-state index contributed by atoms with van der Waals surface area (Å²) in [5, 5.41) is 10.6. The van der Waals surface area contributed by atoms with Crippen molar-refractivity contribution in [1.82, 2.24) is 4.90 Å². The maximum absolute atomic E-state index is 11.5. The molecule has 1 atom stereocenters. The molecule has 110 valence electrons. The molecule has 0 radical (unpaired) electrons. The highest BCUT2D eigenvalue weighted by Crippen LogP contribution is 2.28. The first kappa shape index (κ1) is 15.3. The highest BCUT2D eigenvalue weighted by Gasteiger charge is 2.19. The Labute approximate surface area is 124 Å². The van der Waals surface area contributed by atoms with Crippen LogP contribution in [0.25, 0.3) is 0 Å². The van der Waals surface area contributed by atoms with Crippen molar-refractivity contribution < 1.29 is 14.6 Å². The van der Waals surface area contributed by atoms with Crippen molar-refractivity contribution in [2.75, 3.05) is 20.2 Å². The van der Waals surface area contributed by atoms with Gasteiger partial charge in [-0.25, -0.2) is 0 Å². The molecule has 1 aromatic carbocycles. The van der Waals surface area contributed by atoms with E-state index in [9.17, 15) is 9.90 Å². The van der Waals surface area contributed by atoms with E-state index in [0.29, 0.717) is 17.1 Å². The first-order valence-electron chi connectivity index (χ1n) is 6.80. The lowest BCUT2D eigenvalue weighted by Gasteiger charge is -2.21. The van der Waals surface area contributed by atoms with Crippen molar-refractivity contribution in [3.63, 3.8) is 0 Å². The van der Waals surface area contributed by atoms with Gasteiger partial charge < -0.3 is 9.84 Å². The number of carbonyl (C=O) groups excluding carboxylic acids is 1. The SMILES string of the molecule is CC(=O)c1cc(Cl)cc(CN(C)CC2CCCO2)c1O. The number of hydrogen-bond donors (Lipinski definition) is 1. The second-order valence-corrected chi connectivity index (χ2v) is 5.79. The lowest BCUT2D eigenvalue weighted by Crippen LogP contribution is -2.28. The number of ketones is 1. The summed E-state index contributed by atoms with van der Waals surface area (Å²) < 4.78 is 5.59. The van der Waals surface area contributed by atoms with Gasteiger partial charge >= 0.3 is 0 Å². The van der Waals surface area contributed by atoms with E-state index in [4.69, 9.17) is 16.3 Å². The lowest BCUT2D eigenvalue weighted by molar-refractivity contribution is 0.0790. The van der Waals surface area contributed by atoms with E-state index >= 15 is 0 Å². The molecular weight excluding hydrogens is 278 g/mol. The molecule has 2 rings (SSSR count). The first-order chi connectivity index (χ1) is 9.47. The van der Waals surface area contributed by atoms with Gasteiger partial charge in [0.25, 0.3) is 0 Å². The monoisotopic (exact) mass is 297 g/mol. The predicted molar refractivity (Wildman–Crippen MR) is 78.4 cm³/mol. The van der Waals surface area contributed by atoms with Crippen molar-refractivity contribution in [1.29, 1.82) is 0 Å². The number of carbonyl (C=O) groups is 1. The Kier molecular flexibility index (Phi) is 5.02. The minimum Gasteiger partial charge on any atom is -0.507 e. The van der Waals surface area contributed by atoms with Gasteiger partial charge in [0.15, 0.2) is 5.78 Å². The topological polar surface area (TPSA) is 49.8 Å². The highest BCUT2D eigenvalue weighted by atomic mass is 35.5. The number of benzene rings is 1. The number of phenols is 1. The molecule has 1 aromatic rings. The van der Waals surface area contributed by atoms with Crippen LogP contribution in [0.15, 0.2) is 12.1 Å². The molecule has 1 N–H and O–H groups in total. The fraction of sp³-hybridized carbons (Fsp3) is 0.533. The molecule has 0 amide bonds. The quantitative estimate of drug-likeness (QED) is 0.849. The van der Waals surface area contributed by atoms with Crippen LogP contribution in [0, 0.1) is 0 Å². The van der Waals surface area contributed by atoms with Crippen LogP contribution in [0.3, 0.4) is 0 Å². The van der Waals surface area contributed by atoms with Gasteiger partial charge in [0, 0.05) is 30.3 Å². The average molecular weight is 298 g/mol. The van der Waals surface area contributed by atoms with Crippen LogP contribution in [-0.2, 0) is 11.3 Å². The normalized spacial score (nSPS) is 18.7. The summed E-state index contributed by atoms with van der Waals surface area (Å²) in [6.45, 7) is 3.59. The second kappa shape index (κ2) is 6.57. The molecule has 0 bridgehead atoms. The Hall–Kier alpha value is -1.10. The number of ether oxygens (including phenoxy) is 1. The molecule has 0 aromatic heterocycles. The maximum atomic E-state index is 11.5. The number of phenolic OH excluding ortho intramolecular Hbond substituents is 1. The van der Waals surface area contributed by atoms with E-state index in [0.717, 1.165) is 26.0 Å². The van der Waals surface area contributed by atoms with Gasteiger partial charge in [0.1, 0.15) is 5.75 Å². The van der Waals surface area contributed by atoms with Crippen LogP contribution in [0.1, 0.15) is 35.7 Å². The number of rotatable bonds is 5. The Balaban J connectivity index is 2.09. The molecule has 0 spiro atoms. The first-order valence-corrected chi connectivity index (χ1v) is 7.17. The van der Waals surface area contributed by atoms with Crippen molar-refractivity contribution in [3.05, 3.63) is 28.3 Å². The average Bonchev–Trinajstić information content (AvgIpc) is 2.85. The van der Waals surface area contributed by atoms with E-state index in [1.165, 1.54) is 13.0 Å².